The fourth-order valence-electron chi connectivity index (χ4n) is 1.85. The van der Waals surface area contributed by atoms with Gasteiger partial charge in [0, 0.05) is 34.7 Å². The van der Waals surface area contributed by atoms with Gasteiger partial charge in [0.25, 0.3) is 0 Å². The van der Waals surface area contributed by atoms with Gasteiger partial charge in [-0.1, -0.05) is 17.7 Å². The third-order valence-electron chi connectivity index (χ3n) is 2.89. The SMILES string of the molecule is Clc1ccc2c(CNC3CC3)c[nH]c2c1. The van der Waals surface area contributed by atoms with E-state index in [4.69, 9.17) is 11.6 Å². The largest absolute Gasteiger partial charge is 0.361 e. The third kappa shape index (κ3) is 1.87. The molecule has 1 aliphatic carbocycles. The summed E-state index contributed by atoms with van der Waals surface area (Å²) in [5.41, 5.74) is 2.45. The molecular weight excluding hydrogens is 208 g/mol. The molecule has 1 fully saturated rings. The number of hydrogen-bond acceptors (Lipinski definition) is 1. The number of rotatable bonds is 3. The molecule has 3 rings (SSSR count). The Hall–Kier alpha value is -0.990. The van der Waals surface area contributed by atoms with E-state index in [1.54, 1.807) is 0 Å². The molecule has 2 aromatic rings. The Morgan fingerprint density at radius 1 is 1.40 bits per heavy atom. The van der Waals surface area contributed by atoms with E-state index in [-0.39, 0.29) is 0 Å². The highest BCUT2D eigenvalue weighted by Crippen LogP contribution is 2.24. The van der Waals surface area contributed by atoms with Crippen molar-refractivity contribution in [1.82, 2.24) is 10.3 Å². The maximum absolute atomic E-state index is 5.93. The van der Waals surface area contributed by atoms with E-state index in [0.717, 1.165) is 23.1 Å². The Kier molecular flexibility index (Phi) is 2.19. The van der Waals surface area contributed by atoms with Crippen LogP contribution < -0.4 is 5.32 Å². The smallest absolute Gasteiger partial charge is 0.0472 e. The van der Waals surface area contributed by atoms with Crippen molar-refractivity contribution in [3.8, 4) is 0 Å². The van der Waals surface area contributed by atoms with Gasteiger partial charge in [-0.15, -0.1) is 0 Å². The van der Waals surface area contributed by atoms with Crippen molar-refractivity contribution < 1.29 is 0 Å². The number of aromatic nitrogens is 1. The Balaban J connectivity index is 1.89. The van der Waals surface area contributed by atoms with Crippen molar-refractivity contribution in [2.75, 3.05) is 0 Å². The van der Waals surface area contributed by atoms with Crippen LogP contribution in [0.25, 0.3) is 10.9 Å². The second-order valence-corrected chi connectivity index (χ2v) is 4.60. The van der Waals surface area contributed by atoms with Crippen molar-refractivity contribution in [2.45, 2.75) is 25.4 Å². The zero-order valence-corrected chi connectivity index (χ0v) is 9.14. The Bertz CT molecular complexity index is 485. The highest BCUT2D eigenvalue weighted by Gasteiger charge is 2.20. The first-order chi connectivity index (χ1) is 7.33. The van der Waals surface area contributed by atoms with Gasteiger partial charge < -0.3 is 10.3 Å². The van der Waals surface area contributed by atoms with E-state index in [2.05, 4.69) is 22.6 Å². The standard InChI is InChI=1S/C12H13ClN2/c13-9-1-4-11-8(6-14-10-2-3-10)7-15-12(11)5-9/h1,4-5,7,10,14-15H,2-3,6H2. The van der Waals surface area contributed by atoms with Gasteiger partial charge in [-0.2, -0.15) is 0 Å². The van der Waals surface area contributed by atoms with Crippen molar-refractivity contribution >= 4 is 22.5 Å². The van der Waals surface area contributed by atoms with E-state index >= 15 is 0 Å². The summed E-state index contributed by atoms with van der Waals surface area (Å²) in [6, 6.07) is 6.75. The minimum absolute atomic E-state index is 0.752. The summed E-state index contributed by atoms with van der Waals surface area (Å²) in [5.74, 6) is 0. The fourth-order valence-corrected chi connectivity index (χ4v) is 2.02. The topological polar surface area (TPSA) is 27.8 Å². The monoisotopic (exact) mass is 220 g/mol. The van der Waals surface area contributed by atoms with E-state index in [9.17, 15) is 0 Å². The predicted molar refractivity (Wildman–Crippen MR) is 63.2 cm³/mol. The number of aromatic amines is 1. The molecule has 0 bridgehead atoms. The van der Waals surface area contributed by atoms with E-state index < -0.39 is 0 Å². The quantitative estimate of drug-likeness (QED) is 0.818. The lowest BCUT2D eigenvalue weighted by Crippen LogP contribution is -2.14. The molecule has 2 nitrogen and oxygen atoms in total. The molecule has 0 spiro atoms. The van der Waals surface area contributed by atoms with Crippen LogP contribution in [0.1, 0.15) is 18.4 Å². The number of nitrogens with one attached hydrogen (secondary N) is 2. The van der Waals surface area contributed by atoms with Crippen LogP contribution in [0.3, 0.4) is 0 Å². The second kappa shape index (κ2) is 3.54. The summed E-state index contributed by atoms with van der Waals surface area (Å²) < 4.78 is 0. The van der Waals surface area contributed by atoms with Crippen LogP contribution in [-0.2, 0) is 6.54 Å². The average Bonchev–Trinajstić information content (AvgIpc) is 2.97. The first-order valence-corrected chi connectivity index (χ1v) is 5.69. The van der Waals surface area contributed by atoms with Crippen LogP contribution in [0, 0.1) is 0 Å². The van der Waals surface area contributed by atoms with Crippen molar-refractivity contribution in [3.05, 3.63) is 35.0 Å². The van der Waals surface area contributed by atoms with Crippen LogP contribution in [0.2, 0.25) is 5.02 Å². The van der Waals surface area contributed by atoms with Crippen LogP contribution >= 0.6 is 11.6 Å². The third-order valence-corrected chi connectivity index (χ3v) is 3.12. The minimum Gasteiger partial charge on any atom is -0.361 e. The van der Waals surface area contributed by atoms with Crippen LogP contribution in [0.15, 0.2) is 24.4 Å². The molecule has 0 saturated heterocycles. The summed E-state index contributed by atoms with van der Waals surface area (Å²) >= 11 is 5.93. The van der Waals surface area contributed by atoms with Crippen molar-refractivity contribution in [2.24, 2.45) is 0 Å². The summed E-state index contributed by atoms with van der Waals surface area (Å²) in [5, 5.41) is 5.57. The Morgan fingerprint density at radius 2 is 2.27 bits per heavy atom. The molecule has 3 heteroatoms. The summed E-state index contributed by atoms with van der Waals surface area (Å²) in [6.07, 6.45) is 4.72. The number of halogens is 1. The van der Waals surface area contributed by atoms with Gasteiger partial charge in [-0.25, -0.2) is 0 Å². The lowest BCUT2D eigenvalue weighted by atomic mass is 10.2. The van der Waals surface area contributed by atoms with E-state index in [1.165, 1.54) is 23.8 Å². The van der Waals surface area contributed by atoms with Gasteiger partial charge in [0.15, 0.2) is 0 Å². The van der Waals surface area contributed by atoms with Crippen LogP contribution in [0.5, 0.6) is 0 Å². The molecule has 0 radical (unpaired) electrons. The first kappa shape index (κ1) is 9.25. The second-order valence-electron chi connectivity index (χ2n) is 4.16. The minimum atomic E-state index is 0.752. The first-order valence-electron chi connectivity index (χ1n) is 5.32. The summed E-state index contributed by atoms with van der Waals surface area (Å²) in [7, 11) is 0. The molecule has 0 unspecified atom stereocenters. The molecule has 0 amide bonds. The zero-order chi connectivity index (χ0) is 10.3. The molecule has 1 saturated carbocycles. The van der Waals surface area contributed by atoms with Gasteiger partial charge in [0.2, 0.25) is 0 Å². The van der Waals surface area contributed by atoms with Crippen LogP contribution in [-0.4, -0.2) is 11.0 Å². The number of hydrogen-bond donors (Lipinski definition) is 2. The maximum atomic E-state index is 5.93. The van der Waals surface area contributed by atoms with Gasteiger partial charge in [-0.05, 0) is 30.5 Å². The van der Waals surface area contributed by atoms with Crippen molar-refractivity contribution in [3.63, 3.8) is 0 Å². The zero-order valence-electron chi connectivity index (χ0n) is 8.39. The molecule has 78 valence electrons. The van der Waals surface area contributed by atoms with E-state index in [1.807, 2.05) is 12.1 Å². The average molecular weight is 221 g/mol. The predicted octanol–water partition coefficient (Wildman–Crippen LogP) is 3.07. The molecular formula is C12H13ClN2. The van der Waals surface area contributed by atoms with E-state index in [0.29, 0.717) is 0 Å². The highest BCUT2D eigenvalue weighted by atomic mass is 35.5. The van der Waals surface area contributed by atoms with Gasteiger partial charge in [0.1, 0.15) is 0 Å². The maximum Gasteiger partial charge on any atom is 0.0472 e. The molecule has 0 atom stereocenters. The number of H-pyrrole nitrogens is 1. The number of benzene rings is 1. The summed E-state index contributed by atoms with van der Waals surface area (Å²) in [6.45, 7) is 0.951. The highest BCUT2D eigenvalue weighted by molar-refractivity contribution is 6.31. The summed E-state index contributed by atoms with van der Waals surface area (Å²) in [4.78, 5) is 3.25. The molecule has 1 aromatic heterocycles. The van der Waals surface area contributed by atoms with Crippen LogP contribution in [0.4, 0.5) is 0 Å². The Morgan fingerprint density at radius 3 is 3.07 bits per heavy atom. The van der Waals surface area contributed by atoms with Gasteiger partial charge >= 0.3 is 0 Å². The van der Waals surface area contributed by atoms with Crippen molar-refractivity contribution in [1.29, 1.82) is 0 Å². The molecule has 1 heterocycles. The fraction of sp³-hybridized carbons (Fsp3) is 0.333. The Labute approximate surface area is 93.6 Å². The van der Waals surface area contributed by atoms with Gasteiger partial charge in [-0.3, -0.25) is 0 Å². The lowest BCUT2D eigenvalue weighted by molar-refractivity contribution is 0.691. The molecule has 0 aliphatic heterocycles. The van der Waals surface area contributed by atoms with Gasteiger partial charge in [0.05, 0.1) is 0 Å². The normalized spacial score (nSPS) is 16.1. The molecule has 1 aromatic carbocycles. The number of fused-ring (bicyclic) bond motifs is 1. The molecule has 1 aliphatic rings. The molecule has 15 heavy (non-hydrogen) atoms. The molecule has 2 N–H and O–H groups in total. The lowest BCUT2D eigenvalue weighted by Gasteiger charge is -2.00.